The molecule has 0 saturated heterocycles. The van der Waals surface area contributed by atoms with Gasteiger partial charge in [0.1, 0.15) is 0 Å². The molecule has 0 fully saturated rings. The van der Waals surface area contributed by atoms with Crippen LogP contribution < -0.4 is 5.32 Å². The van der Waals surface area contributed by atoms with Crippen LogP contribution in [-0.4, -0.2) is 21.1 Å². The van der Waals surface area contributed by atoms with E-state index in [1.807, 2.05) is 73.1 Å². The number of benzene rings is 1. The van der Waals surface area contributed by atoms with Crippen LogP contribution in [-0.2, 0) is 6.54 Å². The highest BCUT2D eigenvalue weighted by atomic mass is 32.1. The third kappa shape index (κ3) is 3.80. The van der Waals surface area contributed by atoms with Gasteiger partial charge in [-0.2, -0.15) is 4.98 Å². The molecule has 1 aliphatic heterocycles. The highest BCUT2D eigenvalue weighted by Gasteiger charge is 2.35. The predicted molar refractivity (Wildman–Crippen MR) is 123 cm³/mol. The summed E-state index contributed by atoms with van der Waals surface area (Å²) < 4.78 is 5.70. The summed E-state index contributed by atoms with van der Waals surface area (Å²) in [6.07, 6.45) is 0. The molecule has 0 bridgehead atoms. The van der Waals surface area contributed by atoms with Crippen molar-refractivity contribution in [2.45, 2.75) is 26.4 Å². The van der Waals surface area contributed by atoms with Gasteiger partial charge in [-0.05, 0) is 42.3 Å². The van der Waals surface area contributed by atoms with Crippen molar-refractivity contribution in [1.82, 2.24) is 20.4 Å². The second-order valence-corrected chi connectivity index (χ2v) is 9.34. The maximum Gasteiger partial charge on any atom is 0.322 e. The van der Waals surface area contributed by atoms with Gasteiger partial charge in [-0.25, -0.2) is 4.79 Å². The van der Waals surface area contributed by atoms with Gasteiger partial charge in [-0.3, -0.25) is 4.90 Å². The zero-order valence-corrected chi connectivity index (χ0v) is 18.7. The molecule has 5 rings (SSSR count). The van der Waals surface area contributed by atoms with E-state index in [-0.39, 0.29) is 12.1 Å². The summed E-state index contributed by atoms with van der Waals surface area (Å²) in [4.78, 5) is 21.5. The fourth-order valence-corrected chi connectivity index (χ4v) is 5.00. The lowest BCUT2D eigenvalue weighted by Gasteiger charge is -2.35. The summed E-state index contributed by atoms with van der Waals surface area (Å²) in [5.41, 5.74) is 3.75. The molecule has 1 atom stereocenters. The normalized spacial score (nSPS) is 16.6. The lowest BCUT2D eigenvalue weighted by molar-refractivity contribution is 0.203. The number of hydrogen-bond donors (Lipinski definition) is 1. The Bertz CT molecular complexity index is 1230. The maximum atomic E-state index is 13.1. The largest absolute Gasteiger partial charge is 0.334 e. The number of nitrogens with zero attached hydrogens (tertiary/aromatic N) is 3. The highest BCUT2D eigenvalue weighted by molar-refractivity contribution is 7.13. The molecule has 4 heterocycles. The van der Waals surface area contributed by atoms with E-state index in [0.717, 1.165) is 32.2 Å². The first-order valence-corrected chi connectivity index (χ1v) is 11.6. The number of nitrogens with one attached hydrogen (secondary N) is 1. The Morgan fingerprint density at radius 2 is 1.84 bits per heavy atom. The van der Waals surface area contributed by atoms with Crippen molar-refractivity contribution in [3.05, 3.63) is 86.9 Å². The summed E-state index contributed by atoms with van der Waals surface area (Å²) in [5.74, 6) is 0.970. The van der Waals surface area contributed by atoms with E-state index < -0.39 is 0 Å². The van der Waals surface area contributed by atoms with Crippen molar-refractivity contribution in [3.8, 4) is 10.7 Å². The van der Waals surface area contributed by atoms with Crippen LogP contribution in [0.1, 0.15) is 34.9 Å². The van der Waals surface area contributed by atoms with Crippen molar-refractivity contribution in [2.24, 2.45) is 0 Å². The van der Waals surface area contributed by atoms with Gasteiger partial charge in [-0.1, -0.05) is 47.1 Å². The zero-order chi connectivity index (χ0) is 21.4. The number of aromatic nitrogens is 2. The topological polar surface area (TPSA) is 71.3 Å². The average Bonchev–Trinajstić information content (AvgIpc) is 3.54. The summed E-state index contributed by atoms with van der Waals surface area (Å²) in [7, 11) is 0. The van der Waals surface area contributed by atoms with E-state index in [2.05, 4.69) is 15.5 Å². The van der Waals surface area contributed by atoms with Gasteiger partial charge in [0.25, 0.3) is 5.89 Å². The number of carbonyl (C=O) groups is 1. The predicted octanol–water partition coefficient (Wildman–Crippen LogP) is 5.87. The van der Waals surface area contributed by atoms with Crippen molar-refractivity contribution in [1.29, 1.82) is 0 Å². The van der Waals surface area contributed by atoms with E-state index in [9.17, 15) is 4.79 Å². The smallest absolute Gasteiger partial charge is 0.322 e. The fraction of sp³-hybridized carbons (Fsp3) is 0.174. The van der Waals surface area contributed by atoms with Crippen LogP contribution in [0.15, 0.2) is 69.5 Å². The summed E-state index contributed by atoms with van der Waals surface area (Å²) in [5, 5.41) is 11.3. The number of thiophene rings is 2. The van der Waals surface area contributed by atoms with Gasteiger partial charge in [0, 0.05) is 10.6 Å². The first-order chi connectivity index (χ1) is 15.1. The van der Waals surface area contributed by atoms with Crippen LogP contribution in [0, 0.1) is 6.92 Å². The Kier molecular flexibility index (Phi) is 5.17. The van der Waals surface area contributed by atoms with Gasteiger partial charge in [0.2, 0.25) is 5.82 Å². The van der Waals surface area contributed by atoms with Gasteiger partial charge >= 0.3 is 6.03 Å². The highest BCUT2D eigenvalue weighted by Crippen LogP contribution is 2.38. The molecule has 1 N–H and O–H groups in total. The van der Waals surface area contributed by atoms with Crippen LogP contribution in [0.3, 0.4) is 0 Å². The summed E-state index contributed by atoms with van der Waals surface area (Å²) in [6, 6.07) is 15.6. The van der Waals surface area contributed by atoms with Crippen molar-refractivity contribution in [2.75, 3.05) is 0 Å². The Morgan fingerprint density at radius 3 is 2.55 bits per heavy atom. The minimum atomic E-state index is -0.371. The van der Waals surface area contributed by atoms with Crippen LogP contribution >= 0.6 is 22.7 Å². The summed E-state index contributed by atoms with van der Waals surface area (Å²) in [6.45, 7) is 4.47. The number of amides is 2. The molecule has 1 aliphatic rings. The number of allylic oxidation sites excluding steroid dienone is 1. The van der Waals surface area contributed by atoms with Gasteiger partial charge in [-0.15, -0.1) is 22.7 Å². The first kappa shape index (κ1) is 19.7. The molecule has 2 amide bonds. The molecule has 4 aromatic rings. The van der Waals surface area contributed by atoms with Gasteiger partial charge in [0.15, 0.2) is 0 Å². The quantitative estimate of drug-likeness (QED) is 0.415. The van der Waals surface area contributed by atoms with Crippen molar-refractivity contribution < 1.29 is 9.32 Å². The second-order valence-electron chi connectivity index (χ2n) is 7.36. The van der Waals surface area contributed by atoms with E-state index in [1.165, 1.54) is 0 Å². The SMILES string of the molecule is CC1=C(c2nc(-c3cccs3)no2)C(c2ccc(C)cc2)NC(=O)N1Cc1cccs1. The monoisotopic (exact) mass is 448 g/mol. The average molecular weight is 449 g/mol. The molecule has 31 heavy (non-hydrogen) atoms. The molecule has 156 valence electrons. The third-order valence-corrected chi connectivity index (χ3v) is 7.03. The number of carbonyl (C=O) groups excluding carboxylic acids is 1. The standard InChI is InChI=1S/C23H20N4O2S2/c1-14-7-9-16(10-8-14)20-19(22-25-21(26-29-22)18-6-4-12-31-18)15(2)27(23(28)24-20)13-17-5-3-11-30-17/h3-12,20H,13H2,1-2H3,(H,24,28). The molecule has 1 aromatic carbocycles. The fourth-order valence-electron chi connectivity index (χ4n) is 3.65. The van der Waals surface area contributed by atoms with E-state index in [0.29, 0.717) is 18.3 Å². The summed E-state index contributed by atoms with van der Waals surface area (Å²) >= 11 is 3.18. The van der Waals surface area contributed by atoms with Crippen LogP contribution in [0.2, 0.25) is 0 Å². The Labute approximate surface area is 187 Å². The Balaban J connectivity index is 1.60. The molecule has 1 unspecified atom stereocenters. The lowest BCUT2D eigenvalue weighted by atomic mass is 9.94. The van der Waals surface area contributed by atoms with Gasteiger partial charge in [0.05, 0.1) is 23.0 Å². The molecule has 0 spiro atoms. The molecule has 6 nitrogen and oxygen atoms in total. The number of aryl methyl sites for hydroxylation is 1. The van der Waals surface area contributed by atoms with Gasteiger partial charge < -0.3 is 9.84 Å². The molecule has 8 heteroatoms. The third-order valence-electron chi connectivity index (χ3n) is 5.30. The molecule has 0 saturated carbocycles. The first-order valence-electron chi connectivity index (χ1n) is 9.86. The maximum absolute atomic E-state index is 13.1. The number of hydrogen-bond acceptors (Lipinski definition) is 6. The second kappa shape index (κ2) is 8.13. The molecule has 0 radical (unpaired) electrons. The van der Waals surface area contributed by atoms with E-state index >= 15 is 0 Å². The number of urea groups is 1. The van der Waals surface area contributed by atoms with Crippen LogP contribution in [0.5, 0.6) is 0 Å². The molecular formula is C23H20N4O2S2. The van der Waals surface area contributed by atoms with E-state index in [4.69, 9.17) is 4.52 Å². The molecular weight excluding hydrogens is 428 g/mol. The minimum Gasteiger partial charge on any atom is -0.334 e. The minimum absolute atomic E-state index is 0.141. The number of rotatable bonds is 5. The molecule has 3 aromatic heterocycles. The van der Waals surface area contributed by atoms with E-state index in [1.54, 1.807) is 27.6 Å². The zero-order valence-electron chi connectivity index (χ0n) is 17.0. The Hall–Kier alpha value is -3.23. The van der Waals surface area contributed by atoms with Crippen molar-refractivity contribution >= 4 is 34.3 Å². The molecule has 0 aliphatic carbocycles. The van der Waals surface area contributed by atoms with Crippen LogP contribution in [0.25, 0.3) is 16.3 Å². The van der Waals surface area contributed by atoms with Crippen LogP contribution in [0.4, 0.5) is 4.79 Å². The Morgan fingerprint density at radius 1 is 1.06 bits per heavy atom. The van der Waals surface area contributed by atoms with Crippen molar-refractivity contribution in [3.63, 3.8) is 0 Å². The lowest BCUT2D eigenvalue weighted by Crippen LogP contribution is -2.45.